The lowest BCUT2D eigenvalue weighted by molar-refractivity contribution is 0.0805. The second-order valence-electron chi connectivity index (χ2n) is 9.87. The van der Waals surface area contributed by atoms with Crippen molar-refractivity contribution in [2.75, 3.05) is 42.9 Å². The summed E-state index contributed by atoms with van der Waals surface area (Å²) < 4.78 is 5.17. The number of rotatable bonds is 8. The number of carboxylic acid groups (broad SMARTS) is 1. The van der Waals surface area contributed by atoms with Gasteiger partial charge < -0.3 is 20.1 Å². The normalized spacial score (nSPS) is 19.9. The van der Waals surface area contributed by atoms with Crippen LogP contribution in [-0.4, -0.2) is 69.8 Å². The minimum atomic E-state index is -0.829. The molecule has 36 heavy (non-hydrogen) atoms. The van der Waals surface area contributed by atoms with Crippen LogP contribution in [0.5, 0.6) is 0 Å². The van der Waals surface area contributed by atoms with E-state index in [1.165, 1.54) is 28.2 Å². The quantitative estimate of drug-likeness (QED) is 0.560. The van der Waals surface area contributed by atoms with Gasteiger partial charge in [-0.05, 0) is 37.3 Å². The molecule has 192 valence electrons. The maximum atomic E-state index is 12.1. The molecule has 1 saturated heterocycles. The minimum Gasteiger partial charge on any atom is -0.465 e. The van der Waals surface area contributed by atoms with Crippen LogP contribution in [0.3, 0.4) is 0 Å². The maximum Gasteiger partial charge on any atom is 0.415 e. The van der Waals surface area contributed by atoms with E-state index in [0.717, 1.165) is 36.6 Å². The Kier molecular flexibility index (Phi) is 6.95. The first-order valence-corrected chi connectivity index (χ1v) is 12.8. The summed E-state index contributed by atoms with van der Waals surface area (Å²) >= 11 is 0. The number of nitrogens with one attached hydrogen (secondary N) is 1. The van der Waals surface area contributed by atoms with Crippen molar-refractivity contribution in [3.05, 3.63) is 47.2 Å². The Balaban J connectivity index is 1.27. The van der Waals surface area contributed by atoms with Crippen LogP contribution in [-0.2, 0) is 11.3 Å². The van der Waals surface area contributed by atoms with Crippen molar-refractivity contribution < 1.29 is 19.4 Å². The van der Waals surface area contributed by atoms with Gasteiger partial charge in [0.15, 0.2) is 0 Å². The number of carbonyl (C=O) groups excluding carboxylic acids is 1. The monoisotopic (exact) mass is 494 g/mol. The number of aromatic nitrogens is 2. The van der Waals surface area contributed by atoms with Gasteiger partial charge in [-0.3, -0.25) is 9.80 Å². The Bertz CT molecular complexity index is 1100. The molecule has 2 atom stereocenters. The predicted molar refractivity (Wildman–Crippen MR) is 135 cm³/mol. The first-order chi connectivity index (χ1) is 17.4. The van der Waals surface area contributed by atoms with Crippen LogP contribution in [0, 0.1) is 5.92 Å². The Hall–Kier alpha value is -3.40. The van der Waals surface area contributed by atoms with Crippen molar-refractivity contribution in [1.29, 1.82) is 0 Å². The van der Waals surface area contributed by atoms with Gasteiger partial charge in [-0.15, -0.1) is 0 Å². The van der Waals surface area contributed by atoms with E-state index < -0.39 is 6.09 Å². The summed E-state index contributed by atoms with van der Waals surface area (Å²) in [6, 6.07) is 8.99. The van der Waals surface area contributed by atoms with E-state index in [4.69, 9.17) is 4.74 Å². The number of carbonyl (C=O) groups is 2. The molecule has 2 unspecified atom stereocenters. The van der Waals surface area contributed by atoms with Gasteiger partial charge in [0.05, 0.1) is 11.6 Å². The van der Waals surface area contributed by atoms with E-state index in [1.54, 1.807) is 6.20 Å². The van der Waals surface area contributed by atoms with Crippen LogP contribution < -0.4 is 10.2 Å². The van der Waals surface area contributed by atoms with Crippen LogP contribution >= 0.6 is 0 Å². The summed E-state index contributed by atoms with van der Waals surface area (Å²) in [4.78, 5) is 37.8. The molecule has 0 spiro atoms. The van der Waals surface area contributed by atoms with Crippen molar-refractivity contribution in [2.45, 2.75) is 51.8 Å². The molecule has 1 aromatic carbocycles. The third kappa shape index (κ3) is 5.23. The zero-order valence-corrected chi connectivity index (χ0v) is 20.9. The Morgan fingerprint density at radius 1 is 1.17 bits per heavy atom. The highest BCUT2D eigenvalue weighted by atomic mass is 16.6. The summed E-state index contributed by atoms with van der Waals surface area (Å²) in [6.45, 7) is 7.27. The molecule has 2 amide bonds. The molecule has 1 aromatic heterocycles. The summed E-state index contributed by atoms with van der Waals surface area (Å²) in [6.07, 6.45) is 4.20. The number of fused-ring (bicyclic) bond motifs is 1. The SMILES string of the molecule is CCN1C(=O)OCc2cnc(NC(C)c3ccc(C(CC4CC4)N4CCN(C(=O)O)CC4)cc3)nc21. The second kappa shape index (κ2) is 10.3. The van der Waals surface area contributed by atoms with E-state index in [9.17, 15) is 14.7 Å². The van der Waals surface area contributed by atoms with Crippen molar-refractivity contribution in [3.8, 4) is 0 Å². The van der Waals surface area contributed by atoms with Crippen LogP contribution in [0.1, 0.15) is 61.9 Å². The lowest BCUT2D eigenvalue weighted by Gasteiger charge is -2.38. The Morgan fingerprint density at radius 3 is 2.50 bits per heavy atom. The molecular weight excluding hydrogens is 460 g/mol. The molecule has 10 nitrogen and oxygen atoms in total. The standard InChI is InChI=1S/C26H34N6O4/c1-3-32-23-21(16-36-26(32)35)15-27-24(29-23)28-17(2)19-6-8-20(9-7-19)22(14-18-4-5-18)30-10-12-31(13-11-30)25(33)34/h6-9,15,17-18,22H,3-5,10-14,16H2,1-2H3,(H,33,34)(H,27,28,29). The molecule has 1 saturated carbocycles. The molecule has 3 aliphatic rings. The molecule has 2 aliphatic heterocycles. The van der Waals surface area contributed by atoms with Gasteiger partial charge >= 0.3 is 12.2 Å². The number of ether oxygens (including phenoxy) is 1. The average molecular weight is 495 g/mol. The molecular formula is C26H34N6O4. The highest BCUT2D eigenvalue weighted by Gasteiger charge is 2.32. The number of benzene rings is 1. The summed E-state index contributed by atoms with van der Waals surface area (Å²) in [5, 5.41) is 12.7. The van der Waals surface area contributed by atoms with Gasteiger partial charge in [0.25, 0.3) is 0 Å². The largest absolute Gasteiger partial charge is 0.465 e. The van der Waals surface area contributed by atoms with Crippen LogP contribution in [0.4, 0.5) is 21.4 Å². The number of amides is 2. The molecule has 1 aliphatic carbocycles. The number of cyclic esters (lactones) is 1. The van der Waals surface area contributed by atoms with E-state index in [1.807, 2.05) is 6.92 Å². The number of nitrogens with zero attached hydrogens (tertiary/aromatic N) is 5. The van der Waals surface area contributed by atoms with E-state index in [2.05, 4.69) is 51.4 Å². The zero-order valence-electron chi connectivity index (χ0n) is 20.9. The molecule has 2 N–H and O–H groups in total. The van der Waals surface area contributed by atoms with Crippen molar-refractivity contribution in [2.24, 2.45) is 5.92 Å². The van der Waals surface area contributed by atoms with Gasteiger partial charge in [0, 0.05) is 45.0 Å². The highest BCUT2D eigenvalue weighted by molar-refractivity contribution is 5.89. The van der Waals surface area contributed by atoms with E-state index in [0.29, 0.717) is 37.4 Å². The first-order valence-electron chi connectivity index (χ1n) is 12.8. The fourth-order valence-corrected chi connectivity index (χ4v) is 5.06. The van der Waals surface area contributed by atoms with Gasteiger partial charge in [-0.25, -0.2) is 14.6 Å². The lowest BCUT2D eigenvalue weighted by atomic mass is 9.96. The molecule has 0 radical (unpaired) electrons. The van der Waals surface area contributed by atoms with Crippen LogP contribution in [0.15, 0.2) is 30.5 Å². The van der Waals surface area contributed by atoms with Gasteiger partial charge in [-0.2, -0.15) is 4.98 Å². The Labute approximate surface area is 211 Å². The van der Waals surface area contributed by atoms with Crippen LogP contribution in [0.2, 0.25) is 0 Å². The first kappa shape index (κ1) is 24.3. The predicted octanol–water partition coefficient (Wildman–Crippen LogP) is 4.26. The smallest absolute Gasteiger partial charge is 0.415 e. The van der Waals surface area contributed by atoms with Crippen molar-refractivity contribution in [1.82, 2.24) is 19.8 Å². The number of hydrogen-bond acceptors (Lipinski definition) is 7. The number of anilines is 2. The third-order valence-corrected chi connectivity index (χ3v) is 7.43. The van der Waals surface area contributed by atoms with Gasteiger partial charge in [-0.1, -0.05) is 37.1 Å². The molecule has 5 rings (SSSR count). The van der Waals surface area contributed by atoms with E-state index in [-0.39, 0.29) is 18.7 Å². The van der Waals surface area contributed by atoms with Crippen molar-refractivity contribution in [3.63, 3.8) is 0 Å². The lowest BCUT2D eigenvalue weighted by Crippen LogP contribution is -2.49. The fourth-order valence-electron chi connectivity index (χ4n) is 5.06. The number of piperazine rings is 1. The molecule has 10 heteroatoms. The Morgan fingerprint density at radius 2 is 1.86 bits per heavy atom. The maximum absolute atomic E-state index is 12.1. The molecule has 3 heterocycles. The van der Waals surface area contributed by atoms with Gasteiger partial charge in [0.2, 0.25) is 5.95 Å². The third-order valence-electron chi connectivity index (χ3n) is 7.43. The summed E-state index contributed by atoms with van der Waals surface area (Å²) in [5.74, 6) is 1.84. The summed E-state index contributed by atoms with van der Waals surface area (Å²) in [5.41, 5.74) is 3.20. The number of hydrogen-bond donors (Lipinski definition) is 2. The zero-order chi connectivity index (χ0) is 25.2. The average Bonchev–Trinajstić information content (AvgIpc) is 3.72. The fraction of sp³-hybridized carbons (Fsp3) is 0.538. The minimum absolute atomic E-state index is 0.0243. The van der Waals surface area contributed by atoms with Crippen molar-refractivity contribution >= 4 is 24.0 Å². The molecule has 2 fully saturated rings. The second-order valence-corrected chi connectivity index (χ2v) is 9.87. The van der Waals surface area contributed by atoms with Gasteiger partial charge in [0.1, 0.15) is 12.4 Å². The van der Waals surface area contributed by atoms with Crippen LogP contribution in [0.25, 0.3) is 0 Å². The highest BCUT2D eigenvalue weighted by Crippen LogP contribution is 2.40. The van der Waals surface area contributed by atoms with E-state index >= 15 is 0 Å². The molecule has 0 bridgehead atoms. The molecule has 2 aromatic rings. The topological polar surface area (TPSA) is 111 Å². The summed E-state index contributed by atoms with van der Waals surface area (Å²) in [7, 11) is 0.